The summed E-state index contributed by atoms with van der Waals surface area (Å²) >= 11 is 0. The van der Waals surface area contributed by atoms with Crippen LogP contribution in [-0.4, -0.2) is 53.4 Å². The van der Waals surface area contributed by atoms with E-state index in [0.29, 0.717) is 5.65 Å². The molecule has 8 heteroatoms. The molecule has 4 aromatic rings. The first-order valence-electron chi connectivity index (χ1n) is 11.6. The molecule has 5 rings (SSSR count). The van der Waals surface area contributed by atoms with Crippen molar-refractivity contribution in [1.82, 2.24) is 18.8 Å². The van der Waals surface area contributed by atoms with Gasteiger partial charge in [-0.2, -0.15) is 0 Å². The number of aryl methyl sites for hydroxylation is 1. The van der Waals surface area contributed by atoms with Crippen LogP contribution in [0.25, 0.3) is 11.0 Å². The van der Waals surface area contributed by atoms with Gasteiger partial charge in [0, 0.05) is 32.4 Å². The van der Waals surface area contributed by atoms with Crippen LogP contribution < -0.4 is 4.90 Å². The van der Waals surface area contributed by atoms with Crippen LogP contribution in [0.5, 0.6) is 0 Å². The van der Waals surface area contributed by atoms with Gasteiger partial charge in [-0.25, -0.2) is 22.4 Å². The lowest BCUT2D eigenvalue weighted by Crippen LogP contribution is -2.46. The number of fused-ring (bicyclic) bond motifs is 1. The van der Waals surface area contributed by atoms with Crippen molar-refractivity contribution in [2.24, 2.45) is 0 Å². The van der Waals surface area contributed by atoms with Crippen LogP contribution in [0.15, 0.2) is 78.1 Å². The van der Waals surface area contributed by atoms with Crippen LogP contribution >= 0.6 is 0 Å². The number of nitrogens with zero attached hydrogens (tertiary/aromatic N) is 5. The van der Waals surface area contributed by atoms with Gasteiger partial charge in [-0.3, -0.25) is 4.90 Å². The first kappa shape index (κ1) is 22.6. The van der Waals surface area contributed by atoms with Crippen LogP contribution in [0.4, 0.5) is 5.82 Å². The Morgan fingerprint density at radius 3 is 2.56 bits per heavy atom. The topological polar surface area (TPSA) is 71.3 Å². The van der Waals surface area contributed by atoms with Gasteiger partial charge in [0.05, 0.1) is 10.3 Å². The Balaban J connectivity index is 1.42. The highest BCUT2D eigenvalue weighted by atomic mass is 32.2. The Kier molecular flexibility index (Phi) is 6.10. The summed E-state index contributed by atoms with van der Waals surface area (Å²) in [6.07, 6.45) is 5.21. The maximum absolute atomic E-state index is 13.3. The fourth-order valence-corrected chi connectivity index (χ4v) is 6.02. The monoisotopic (exact) mass is 475 g/mol. The second-order valence-corrected chi connectivity index (χ2v) is 10.8. The molecule has 0 N–H and O–H groups in total. The summed E-state index contributed by atoms with van der Waals surface area (Å²) in [5.74, 6) is 0.759. The molecule has 1 fully saturated rings. The molecule has 2 aromatic heterocycles. The molecule has 1 atom stereocenters. The Labute approximate surface area is 200 Å². The number of likely N-dealkylation sites (tertiary alicyclic amines) is 1. The van der Waals surface area contributed by atoms with Crippen molar-refractivity contribution in [3.8, 4) is 0 Å². The van der Waals surface area contributed by atoms with Gasteiger partial charge < -0.3 is 4.90 Å². The number of likely N-dealkylation sites (N-methyl/N-ethyl adjacent to an activating group) is 1. The minimum absolute atomic E-state index is 0.243. The highest BCUT2D eigenvalue weighted by Crippen LogP contribution is 2.29. The summed E-state index contributed by atoms with van der Waals surface area (Å²) in [4.78, 5) is 13.8. The molecule has 0 spiro atoms. The van der Waals surface area contributed by atoms with Crippen molar-refractivity contribution < 1.29 is 8.42 Å². The highest BCUT2D eigenvalue weighted by Gasteiger charge is 2.27. The van der Waals surface area contributed by atoms with Gasteiger partial charge in [0.25, 0.3) is 10.0 Å². The van der Waals surface area contributed by atoms with E-state index in [1.807, 2.05) is 20.0 Å². The summed E-state index contributed by atoms with van der Waals surface area (Å²) in [5, 5.41) is 0.737. The number of aromatic nitrogens is 3. The Morgan fingerprint density at radius 1 is 1.03 bits per heavy atom. The minimum Gasteiger partial charge on any atom is -0.355 e. The zero-order valence-electron chi connectivity index (χ0n) is 19.5. The lowest BCUT2D eigenvalue weighted by molar-refractivity contribution is 0.198. The van der Waals surface area contributed by atoms with Crippen molar-refractivity contribution >= 4 is 26.9 Å². The van der Waals surface area contributed by atoms with Crippen molar-refractivity contribution in [2.75, 3.05) is 25.0 Å². The Morgan fingerprint density at radius 2 is 1.79 bits per heavy atom. The van der Waals surface area contributed by atoms with E-state index in [-0.39, 0.29) is 10.9 Å². The van der Waals surface area contributed by atoms with Crippen molar-refractivity contribution in [1.29, 1.82) is 0 Å². The maximum atomic E-state index is 13.3. The second-order valence-electron chi connectivity index (χ2n) is 8.99. The Bertz CT molecular complexity index is 1380. The standard InChI is InChI=1S/C26H29N5O2S/c1-20-10-12-23(13-11-20)34(32,33)31-16-14-24-25(27-19-28-26(24)31)29(2)22-9-6-15-30(18-22)17-21-7-4-3-5-8-21/h3-5,7-8,10-14,16,19,22H,6,9,15,17-18H2,1-2H3. The molecule has 1 aliphatic rings. The average Bonchev–Trinajstić information content (AvgIpc) is 3.30. The summed E-state index contributed by atoms with van der Waals surface area (Å²) in [6.45, 7) is 4.86. The molecule has 7 nitrogen and oxygen atoms in total. The number of hydrogen-bond donors (Lipinski definition) is 0. The number of anilines is 1. The molecule has 0 radical (unpaired) electrons. The third-order valence-corrected chi connectivity index (χ3v) is 8.30. The molecule has 1 unspecified atom stereocenters. The number of rotatable bonds is 6. The first-order valence-corrected chi connectivity index (χ1v) is 13.0. The van der Waals surface area contributed by atoms with Gasteiger partial charge in [-0.05, 0) is 50.1 Å². The molecule has 176 valence electrons. The van der Waals surface area contributed by atoms with Gasteiger partial charge in [0.2, 0.25) is 0 Å². The van der Waals surface area contributed by atoms with E-state index < -0.39 is 10.0 Å². The molecule has 1 saturated heterocycles. The third-order valence-electron chi connectivity index (χ3n) is 6.62. The molecule has 3 heterocycles. The fraction of sp³-hybridized carbons (Fsp3) is 0.308. The quantitative estimate of drug-likeness (QED) is 0.419. The molecule has 34 heavy (non-hydrogen) atoms. The summed E-state index contributed by atoms with van der Waals surface area (Å²) < 4.78 is 27.9. The summed E-state index contributed by atoms with van der Waals surface area (Å²) in [6, 6.07) is 19.5. The van der Waals surface area contributed by atoms with Crippen LogP contribution in [0.3, 0.4) is 0 Å². The molecule has 1 aliphatic heterocycles. The maximum Gasteiger partial charge on any atom is 0.269 e. The average molecular weight is 476 g/mol. The van der Waals surface area contributed by atoms with Crippen LogP contribution in [-0.2, 0) is 16.6 Å². The lowest BCUT2D eigenvalue weighted by atomic mass is 10.0. The number of piperidine rings is 1. The zero-order valence-corrected chi connectivity index (χ0v) is 20.3. The van der Waals surface area contributed by atoms with E-state index in [4.69, 9.17) is 0 Å². The molecule has 2 aromatic carbocycles. The predicted molar refractivity (Wildman–Crippen MR) is 134 cm³/mol. The van der Waals surface area contributed by atoms with Crippen molar-refractivity contribution in [2.45, 2.75) is 37.2 Å². The van der Waals surface area contributed by atoms with Gasteiger partial charge in [0.1, 0.15) is 12.1 Å². The molecule has 0 bridgehead atoms. The lowest BCUT2D eigenvalue weighted by Gasteiger charge is -2.38. The largest absolute Gasteiger partial charge is 0.355 e. The van der Waals surface area contributed by atoms with E-state index in [9.17, 15) is 8.42 Å². The fourth-order valence-electron chi connectivity index (χ4n) is 4.72. The SMILES string of the molecule is Cc1ccc(S(=O)(=O)n2ccc3c(N(C)C4CCCN(Cc5ccccc5)C4)ncnc32)cc1. The smallest absolute Gasteiger partial charge is 0.269 e. The van der Waals surface area contributed by atoms with E-state index in [0.717, 1.165) is 49.2 Å². The number of hydrogen-bond acceptors (Lipinski definition) is 6. The highest BCUT2D eigenvalue weighted by molar-refractivity contribution is 7.90. The van der Waals surface area contributed by atoms with Gasteiger partial charge in [-0.15, -0.1) is 0 Å². The van der Waals surface area contributed by atoms with E-state index in [2.05, 4.69) is 44.0 Å². The third kappa shape index (κ3) is 4.31. The van der Waals surface area contributed by atoms with Crippen LogP contribution in [0, 0.1) is 6.92 Å². The molecule has 0 saturated carbocycles. The second kappa shape index (κ2) is 9.19. The Hall–Kier alpha value is -3.23. The van der Waals surface area contributed by atoms with Crippen molar-refractivity contribution in [3.63, 3.8) is 0 Å². The summed E-state index contributed by atoms with van der Waals surface area (Å²) in [5.41, 5.74) is 2.72. The number of benzene rings is 2. The zero-order chi connectivity index (χ0) is 23.7. The van der Waals surface area contributed by atoms with Crippen LogP contribution in [0.1, 0.15) is 24.0 Å². The van der Waals surface area contributed by atoms with E-state index in [1.165, 1.54) is 15.9 Å². The molecular weight excluding hydrogens is 446 g/mol. The summed E-state index contributed by atoms with van der Waals surface area (Å²) in [7, 11) is -1.70. The van der Waals surface area contributed by atoms with Crippen LogP contribution in [0.2, 0.25) is 0 Å². The normalized spacial score (nSPS) is 17.2. The van der Waals surface area contributed by atoms with Gasteiger partial charge in [-0.1, -0.05) is 48.0 Å². The minimum atomic E-state index is -3.75. The molecular formula is C26H29N5O2S. The van der Waals surface area contributed by atoms with E-state index in [1.54, 1.807) is 36.5 Å². The van der Waals surface area contributed by atoms with Crippen molar-refractivity contribution in [3.05, 3.63) is 84.3 Å². The predicted octanol–water partition coefficient (Wildman–Crippen LogP) is 4.08. The molecule has 0 aliphatic carbocycles. The molecule has 0 amide bonds. The first-order chi connectivity index (χ1) is 16.4. The van der Waals surface area contributed by atoms with Gasteiger partial charge >= 0.3 is 0 Å². The van der Waals surface area contributed by atoms with Gasteiger partial charge in [0.15, 0.2) is 5.65 Å². The van der Waals surface area contributed by atoms with E-state index >= 15 is 0 Å².